The van der Waals surface area contributed by atoms with Gasteiger partial charge in [0.05, 0.1) is 17.9 Å². The summed E-state index contributed by atoms with van der Waals surface area (Å²) in [7, 11) is 1.88. The third-order valence-electron chi connectivity index (χ3n) is 5.50. The lowest BCUT2D eigenvalue weighted by atomic mass is 9.98. The van der Waals surface area contributed by atoms with Gasteiger partial charge in [0.25, 0.3) is 5.91 Å². The highest BCUT2D eigenvalue weighted by molar-refractivity contribution is 5.95. The number of ether oxygens (including phenoxy) is 1. The maximum absolute atomic E-state index is 13.0. The van der Waals surface area contributed by atoms with E-state index < -0.39 is 0 Å². The van der Waals surface area contributed by atoms with Crippen LogP contribution in [0.1, 0.15) is 54.5 Å². The minimum absolute atomic E-state index is 0.0322. The number of likely N-dealkylation sites (tertiary alicyclic amines) is 2. The first-order valence-corrected chi connectivity index (χ1v) is 8.79. The van der Waals surface area contributed by atoms with Crippen LogP contribution in [0.5, 0.6) is 0 Å². The first kappa shape index (κ1) is 15.1. The molecule has 6 heteroatoms. The zero-order valence-electron chi connectivity index (χ0n) is 14.3. The summed E-state index contributed by atoms with van der Waals surface area (Å²) in [6, 6.07) is 0.562. The van der Waals surface area contributed by atoms with E-state index in [4.69, 9.17) is 4.74 Å². The fourth-order valence-corrected chi connectivity index (χ4v) is 4.24. The molecule has 0 saturated carbocycles. The van der Waals surface area contributed by atoms with Crippen molar-refractivity contribution < 1.29 is 9.53 Å². The van der Waals surface area contributed by atoms with E-state index in [1.807, 2.05) is 18.9 Å². The summed E-state index contributed by atoms with van der Waals surface area (Å²) in [4.78, 5) is 17.5. The Morgan fingerprint density at radius 2 is 1.91 bits per heavy atom. The fraction of sp³-hybridized carbons (Fsp3) is 0.765. The number of hydrogen-bond donors (Lipinski definition) is 0. The molecule has 0 spiro atoms. The van der Waals surface area contributed by atoms with Gasteiger partial charge in [-0.2, -0.15) is 5.10 Å². The van der Waals surface area contributed by atoms with Gasteiger partial charge in [-0.3, -0.25) is 14.4 Å². The quantitative estimate of drug-likeness (QED) is 0.826. The van der Waals surface area contributed by atoms with E-state index in [-0.39, 0.29) is 18.1 Å². The van der Waals surface area contributed by atoms with Crippen LogP contribution in [-0.2, 0) is 18.2 Å². The van der Waals surface area contributed by atoms with Crippen LogP contribution in [0.15, 0.2) is 0 Å². The molecule has 0 aromatic carbocycles. The van der Waals surface area contributed by atoms with Crippen molar-refractivity contribution in [1.29, 1.82) is 0 Å². The Kier molecular flexibility index (Phi) is 3.69. The molecule has 2 saturated heterocycles. The van der Waals surface area contributed by atoms with Crippen molar-refractivity contribution in [2.45, 2.75) is 51.4 Å². The third-order valence-corrected chi connectivity index (χ3v) is 5.50. The summed E-state index contributed by atoms with van der Waals surface area (Å²) in [5.74, 6) is 0.137. The molecule has 1 aromatic rings. The van der Waals surface area contributed by atoms with Crippen LogP contribution in [0.2, 0.25) is 0 Å². The predicted molar refractivity (Wildman–Crippen MR) is 86.4 cm³/mol. The summed E-state index contributed by atoms with van der Waals surface area (Å²) < 4.78 is 7.60. The molecule has 4 rings (SSSR count). The minimum Gasteiger partial charge on any atom is -0.369 e. The Morgan fingerprint density at radius 1 is 1.22 bits per heavy atom. The van der Waals surface area contributed by atoms with Crippen molar-refractivity contribution in [2.75, 3.05) is 26.2 Å². The topological polar surface area (TPSA) is 50.6 Å². The maximum atomic E-state index is 13.0. The average molecular weight is 318 g/mol. The molecule has 23 heavy (non-hydrogen) atoms. The van der Waals surface area contributed by atoms with Crippen LogP contribution in [0.4, 0.5) is 0 Å². The lowest BCUT2D eigenvalue weighted by Crippen LogP contribution is -2.60. The maximum Gasteiger partial charge on any atom is 0.272 e. The predicted octanol–water partition coefficient (Wildman–Crippen LogP) is 1.36. The lowest BCUT2D eigenvalue weighted by Gasteiger charge is -2.44. The molecule has 0 aliphatic carbocycles. The standard InChI is InChI=1S/C17H26N4O2/c1-11-8-14-15(12(2)23-11)18-19(3)16(14)17(22)21-9-13(10-21)20-6-4-5-7-20/h11-13H,4-10H2,1-3H3/t11-,12+/m1/s1. The molecule has 126 valence electrons. The molecule has 3 aliphatic rings. The summed E-state index contributed by atoms with van der Waals surface area (Å²) in [6.45, 7) is 8.19. The Morgan fingerprint density at radius 3 is 2.61 bits per heavy atom. The normalized spacial score (nSPS) is 28.7. The van der Waals surface area contributed by atoms with Gasteiger partial charge in [0.1, 0.15) is 5.69 Å². The monoisotopic (exact) mass is 318 g/mol. The van der Waals surface area contributed by atoms with Crippen molar-refractivity contribution in [1.82, 2.24) is 19.6 Å². The molecule has 1 aromatic heterocycles. The van der Waals surface area contributed by atoms with Gasteiger partial charge in [0, 0.05) is 38.2 Å². The number of aromatic nitrogens is 2. The molecule has 2 fully saturated rings. The van der Waals surface area contributed by atoms with Crippen LogP contribution in [0, 0.1) is 0 Å². The highest BCUT2D eigenvalue weighted by Crippen LogP contribution is 2.32. The van der Waals surface area contributed by atoms with Crippen LogP contribution >= 0.6 is 0 Å². The van der Waals surface area contributed by atoms with Gasteiger partial charge in [-0.1, -0.05) is 0 Å². The van der Waals surface area contributed by atoms with Crippen molar-refractivity contribution in [3.05, 3.63) is 17.0 Å². The zero-order valence-corrected chi connectivity index (χ0v) is 14.3. The van der Waals surface area contributed by atoms with Gasteiger partial charge in [-0.25, -0.2) is 0 Å². The van der Waals surface area contributed by atoms with E-state index in [1.165, 1.54) is 25.9 Å². The second-order valence-corrected chi connectivity index (χ2v) is 7.24. The molecule has 3 aliphatic heterocycles. The Hall–Kier alpha value is -1.40. The number of aryl methyl sites for hydroxylation is 1. The number of amides is 1. The number of carbonyl (C=O) groups is 1. The molecule has 2 atom stereocenters. The van der Waals surface area contributed by atoms with E-state index in [2.05, 4.69) is 16.9 Å². The summed E-state index contributed by atoms with van der Waals surface area (Å²) in [5.41, 5.74) is 2.79. The number of nitrogens with zero attached hydrogens (tertiary/aromatic N) is 4. The minimum atomic E-state index is -0.0322. The van der Waals surface area contributed by atoms with Crippen LogP contribution in [-0.4, -0.2) is 63.8 Å². The summed E-state index contributed by atoms with van der Waals surface area (Å²) in [5, 5.41) is 4.56. The van der Waals surface area contributed by atoms with Crippen LogP contribution in [0.3, 0.4) is 0 Å². The average Bonchev–Trinajstić information content (AvgIpc) is 3.04. The molecule has 0 unspecified atom stereocenters. The molecule has 6 nitrogen and oxygen atoms in total. The first-order valence-electron chi connectivity index (χ1n) is 8.79. The van der Waals surface area contributed by atoms with E-state index in [0.29, 0.717) is 6.04 Å². The van der Waals surface area contributed by atoms with Gasteiger partial charge >= 0.3 is 0 Å². The number of rotatable bonds is 2. The van der Waals surface area contributed by atoms with Gasteiger partial charge < -0.3 is 9.64 Å². The number of hydrogen-bond acceptors (Lipinski definition) is 4. The second-order valence-electron chi connectivity index (χ2n) is 7.24. The zero-order chi connectivity index (χ0) is 16.1. The van der Waals surface area contributed by atoms with Crippen molar-refractivity contribution in [3.63, 3.8) is 0 Å². The molecule has 1 amide bonds. The highest BCUT2D eigenvalue weighted by Gasteiger charge is 2.39. The van der Waals surface area contributed by atoms with Gasteiger partial charge in [-0.05, 0) is 39.8 Å². The second kappa shape index (κ2) is 5.60. The smallest absolute Gasteiger partial charge is 0.272 e. The van der Waals surface area contributed by atoms with E-state index in [9.17, 15) is 4.79 Å². The number of carbonyl (C=O) groups excluding carboxylic acids is 1. The Balaban J connectivity index is 1.51. The van der Waals surface area contributed by atoms with Crippen molar-refractivity contribution in [3.8, 4) is 0 Å². The Bertz CT molecular complexity index is 614. The SMILES string of the molecule is C[C@@H]1Cc2c(nn(C)c2C(=O)N2CC(N3CCCC3)C2)[C@H](C)O1. The molecule has 0 bridgehead atoms. The lowest BCUT2D eigenvalue weighted by molar-refractivity contribution is -0.00725. The largest absolute Gasteiger partial charge is 0.369 e. The van der Waals surface area contributed by atoms with Gasteiger partial charge in [0.2, 0.25) is 0 Å². The van der Waals surface area contributed by atoms with E-state index in [0.717, 1.165) is 36.5 Å². The molecular formula is C17H26N4O2. The summed E-state index contributed by atoms with van der Waals surface area (Å²) in [6.07, 6.45) is 3.49. The van der Waals surface area contributed by atoms with Crippen LogP contribution in [0.25, 0.3) is 0 Å². The van der Waals surface area contributed by atoms with Crippen molar-refractivity contribution in [2.24, 2.45) is 7.05 Å². The van der Waals surface area contributed by atoms with Gasteiger partial charge in [-0.15, -0.1) is 0 Å². The van der Waals surface area contributed by atoms with E-state index >= 15 is 0 Å². The number of fused-ring (bicyclic) bond motifs is 1. The first-order chi connectivity index (χ1) is 11.0. The third kappa shape index (κ3) is 2.48. The summed E-state index contributed by atoms with van der Waals surface area (Å²) >= 11 is 0. The van der Waals surface area contributed by atoms with Gasteiger partial charge in [0.15, 0.2) is 0 Å². The van der Waals surface area contributed by atoms with Crippen LogP contribution < -0.4 is 0 Å². The fourth-order valence-electron chi connectivity index (χ4n) is 4.24. The van der Waals surface area contributed by atoms with E-state index in [1.54, 1.807) is 4.68 Å². The Labute approximate surface area is 137 Å². The molecule has 0 N–H and O–H groups in total. The molecular weight excluding hydrogens is 292 g/mol. The molecule has 4 heterocycles. The van der Waals surface area contributed by atoms with Crippen molar-refractivity contribution >= 4 is 5.91 Å². The molecule has 0 radical (unpaired) electrons. The highest BCUT2D eigenvalue weighted by atomic mass is 16.5.